The van der Waals surface area contributed by atoms with Gasteiger partial charge in [-0.05, 0) is 12.1 Å². The van der Waals surface area contributed by atoms with E-state index in [0.717, 1.165) is 18.3 Å². The third-order valence-corrected chi connectivity index (χ3v) is 4.25. The number of carbonyl (C=O) groups excluding carboxylic acids is 2. The van der Waals surface area contributed by atoms with Crippen LogP contribution >= 0.6 is 11.3 Å². The van der Waals surface area contributed by atoms with E-state index in [1.165, 1.54) is 21.1 Å². The van der Waals surface area contributed by atoms with Crippen LogP contribution in [0.3, 0.4) is 0 Å². The van der Waals surface area contributed by atoms with Gasteiger partial charge in [0, 0.05) is 30.9 Å². The summed E-state index contributed by atoms with van der Waals surface area (Å²) in [5.74, 6) is -0.812. The molecule has 0 N–H and O–H groups in total. The molecule has 126 valence electrons. The molecule has 1 aliphatic heterocycles. The van der Waals surface area contributed by atoms with Crippen LogP contribution in [-0.2, 0) is 11.0 Å². The highest BCUT2D eigenvalue weighted by molar-refractivity contribution is 7.13. The number of pyridine rings is 1. The summed E-state index contributed by atoms with van der Waals surface area (Å²) in [7, 11) is 0. The zero-order chi connectivity index (χ0) is 17.3. The standard InChI is InChI=1S/C14H11F3N4O2S/c15-14(16,17)10-2-1-9(7-19-10)12(23)20-4-5-21(11(22)8-20)13-18-3-6-24-13/h1-3,6-7H,4-5,8H2. The Hall–Kier alpha value is -2.49. The number of halogens is 3. The minimum atomic E-state index is -4.56. The average molecular weight is 356 g/mol. The molecule has 10 heteroatoms. The molecule has 1 fully saturated rings. The van der Waals surface area contributed by atoms with Gasteiger partial charge in [0.25, 0.3) is 5.91 Å². The smallest absolute Gasteiger partial charge is 0.327 e. The second kappa shape index (κ2) is 6.19. The third kappa shape index (κ3) is 3.23. The Bertz CT molecular complexity index is 746. The van der Waals surface area contributed by atoms with Crippen LogP contribution in [0.5, 0.6) is 0 Å². The Morgan fingerprint density at radius 1 is 1.21 bits per heavy atom. The predicted molar refractivity (Wildman–Crippen MR) is 79.6 cm³/mol. The second-order valence-electron chi connectivity index (χ2n) is 5.02. The van der Waals surface area contributed by atoms with Gasteiger partial charge in [-0.15, -0.1) is 11.3 Å². The van der Waals surface area contributed by atoms with E-state index in [0.29, 0.717) is 5.13 Å². The molecule has 0 bridgehead atoms. The van der Waals surface area contributed by atoms with Crippen LogP contribution in [0.1, 0.15) is 16.1 Å². The maximum atomic E-state index is 12.5. The molecule has 0 radical (unpaired) electrons. The Labute approximate surface area is 138 Å². The van der Waals surface area contributed by atoms with E-state index in [4.69, 9.17) is 0 Å². The predicted octanol–water partition coefficient (Wildman–Crippen LogP) is 2.05. The number of hydrogen-bond acceptors (Lipinski definition) is 5. The number of amides is 2. The van der Waals surface area contributed by atoms with Crippen molar-refractivity contribution in [2.45, 2.75) is 6.18 Å². The number of anilines is 1. The molecule has 24 heavy (non-hydrogen) atoms. The van der Waals surface area contributed by atoms with Crippen LogP contribution < -0.4 is 4.90 Å². The fourth-order valence-electron chi connectivity index (χ4n) is 2.27. The number of nitrogens with zero attached hydrogens (tertiary/aromatic N) is 4. The third-order valence-electron chi connectivity index (χ3n) is 3.46. The van der Waals surface area contributed by atoms with E-state index >= 15 is 0 Å². The molecule has 1 saturated heterocycles. The van der Waals surface area contributed by atoms with Gasteiger partial charge in [-0.1, -0.05) is 0 Å². The Morgan fingerprint density at radius 3 is 2.54 bits per heavy atom. The second-order valence-corrected chi connectivity index (χ2v) is 5.89. The van der Waals surface area contributed by atoms with E-state index in [2.05, 4.69) is 9.97 Å². The molecule has 0 atom stereocenters. The molecule has 6 nitrogen and oxygen atoms in total. The number of carbonyl (C=O) groups is 2. The van der Waals surface area contributed by atoms with E-state index in [1.807, 2.05) is 0 Å². The summed E-state index contributed by atoms with van der Waals surface area (Å²) in [6, 6.07) is 1.82. The number of thiazole rings is 1. The van der Waals surface area contributed by atoms with Crippen molar-refractivity contribution in [3.8, 4) is 0 Å². The van der Waals surface area contributed by atoms with Crippen LogP contribution in [0, 0.1) is 0 Å². The maximum absolute atomic E-state index is 12.5. The minimum Gasteiger partial charge on any atom is -0.327 e. The van der Waals surface area contributed by atoms with Gasteiger partial charge in [-0.25, -0.2) is 4.98 Å². The summed E-state index contributed by atoms with van der Waals surface area (Å²) in [5.41, 5.74) is -1.05. The number of hydrogen-bond donors (Lipinski definition) is 0. The summed E-state index contributed by atoms with van der Waals surface area (Å²) in [4.78, 5) is 34.6. The highest BCUT2D eigenvalue weighted by atomic mass is 32.1. The highest BCUT2D eigenvalue weighted by Crippen LogP contribution is 2.27. The number of alkyl halides is 3. The van der Waals surface area contributed by atoms with Crippen molar-refractivity contribution in [3.63, 3.8) is 0 Å². The zero-order valence-electron chi connectivity index (χ0n) is 12.2. The van der Waals surface area contributed by atoms with Crippen molar-refractivity contribution in [2.75, 3.05) is 24.5 Å². The van der Waals surface area contributed by atoms with Gasteiger partial charge in [0.1, 0.15) is 12.2 Å². The molecule has 0 saturated carbocycles. The Morgan fingerprint density at radius 2 is 2.00 bits per heavy atom. The van der Waals surface area contributed by atoms with E-state index < -0.39 is 17.8 Å². The van der Waals surface area contributed by atoms with Crippen LogP contribution in [0.2, 0.25) is 0 Å². The normalized spacial score (nSPS) is 15.7. The van der Waals surface area contributed by atoms with Crippen molar-refractivity contribution in [3.05, 3.63) is 41.2 Å². The fraction of sp³-hybridized carbons (Fsp3) is 0.286. The molecule has 0 spiro atoms. The van der Waals surface area contributed by atoms with Crippen molar-refractivity contribution in [1.29, 1.82) is 0 Å². The first-order chi connectivity index (χ1) is 11.4. The molecule has 3 rings (SSSR count). The fourth-order valence-corrected chi connectivity index (χ4v) is 2.95. The lowest BCUT2D eigenvalue weighted by Gasteiger charge is -2.32. The Kier molecular flexibility index (Phi) is 4.22. The molecular formula is C14H11F3N4O2S. The van der Waals surface area contributed by atoms with Gasteiger partial charge in [0.2, 0.25) is 5.91 Å². The molecular weight excluding hydrogens is 345 g/mol. The van der Waals surface area contributed by atoms with Crippen molar-refractivity contribution in [1.82, 2.24) is 14.9 Å². The molecule has 0 unspecified atom stereocenters. The van der Waals surface area contributed by atoms with Gasteiger partial charge >= 0.3 is 6.18 Å². The molecule has 0 aromatic carbocycles. The van der Waals surface area contributed by atoms with E-state index in [9.17, 15) is 22.8 Å². The van der Waals surface area contributed by atoms with Crippen molar-refractivity contribution in [2.24, 2.45) is 0 Å². The molecule has 2 amide bonds. The molecule has 0 aliphatic carbocycles. The minimum absolute atomic E-state index is 0.0125. The summed E-state index contributed by atoms with van der Waals surface area (Å²) >= 11 is 1.32. The first kappa shape index (κ1) is 16.4. The lowest BCUT2D eigenvalue weighted by atomic mass is 10.2. The summed E-state index contributed by atoms with van der Waals surface area (Å²) in [6.07, 6.45) is -2.10. The lowest BCUT2D eigenvalue weighted by Crippen LogP contribution is -2.52. The highest BCUT2D eigenvalue weighted by Gasteiger charge is 2.33. The monoisotopic (exact) mass is 356 g/mol. The summed E-state index contributed by atoms with van der Waals surface area (Å²) in [6.45, 7) is 0.400. The van der Waals surface area contributed by atoms with E-state index in [1.54, 1.807) is 11.6 Å². The van der Waals surface area contributed by atoms with Gasteiger partial charge in [0.15, 0.2) is 5.13 Å². The van der Waals surface area contributed by atoms with Crippen LogP contribution in [0.15, 0.2) is 29.9 Å². The van der Waals surface area contributed by atoms with Crippen LogP contribution in [0.25, 0.3) is 0 Å². The molecule has 3 heterocycles. The van der Waals surface area contributed by atoms with Crippen molar-refractivity contribution < 1.29 is 22.8 Å². The zero-order valence-corrected chi connectivity index (χ0v) is 13.0. The van der Waals surface area contributed by atoms with Gasteiger partial charge in [-0.3, -0.25) is 19.5 Å². The molecule has 2 aromatic rings. The van der Waals surface area contributed by atoms with Crippen LogP contribution in [0.4, 0.5) is 18.3 Å². The van der Waals surface area contributed by atoms with Gasteiger partial charge < -0.3 is 4.90 Å². The largest absolute Gasteiger partial charge is 0.433 e. The first-order valence-electron chi connectivity index (χ1n) is 6.88. The van der Waals surface area contributed by atoms with Gasteiger partial charge in [-0.2, -0.15) is 13.2 Å². The van der Waals surface area contributed by atoms with Gasteiger partial charge in [0.05, 0.1) is 5.56 Å². The Balaban J connectivity index is 1.69. The maximum Gasteiger partial charge on any atom is 0.433 e. The van der Waals surface area contributed by atoms with Crippen LogP contribution in [-0.4, -0.2) is 46.3 Å². The number of rotatable bonds is 2. The summed E-state index contributed by atoms with van der Waals surface area (Å²) in [5, 5.41) is 2.30. The van der Waals surface area contributed by atoms with E-state index in [-0.39, 0.29) is 31.1 Å². The quantitative estimate of drug-likeness (QED) is 0.826. The molecule has 1 aliphatic rings. The SMILES string of the molecule is O=C(c1ccc(C(F)(F)F)nc1)N1CCN(c2nccs2)C(=O)C1. The lowest BCUT2D eigenvalue weighted by molar-refractivity contribution is -0.141. The summed E-state index contributed by atoms with van der Waals surface area (Å²) < 4.78 is 37.5. The topological polar surface area (TPSA) is 66.4 Å². The average Bonchev–Trinajstić information content (AvgIpc) is 3.07. The number of aromatic nitrogens is 2. The molecule has 2 aromatic heterocycles. The van der Waals surface area contributed by atoms with Crippen molar-refractivity contribution >= 4 is 28.3 Å². The number of piperazine rings is 1. The first-order valence-corrected chi connectivity index (χ1v) is 7.76.